The maximum absolute atomic E-state index is 4.60. The maximum Gasteiger partial charge on any atom is -0.00297 e. The van der Waals surface area contributed by atoms with E-state index in [-0.39, 0.29) is 0 Å². The predicted octanol–water partition coefficient (Wildman–Crippen LogP) is 2.86. The molecule has 0 spiro atoms. The second kappa shape index (κ2) is 10.3. The van der Waals surface area contributed by atoms with Crippen molar-refractivity contribution in [3.05, 3.63) is 12.7 Å². The first kappa shape index (κ1) is 11.1. The molecule has 9 heavy (non-hydrogen) atoms. The summed E-state index contributed by atoms with van der Waals surface area (Å²) in [7, 11) is 0. The third kappa shape index (κ3) is 18.8. The first-order valence-corrected chi connectivity index (χ1v) is 3.22. The standard InChI is InChI=1S/C6H12.C3H4/c1-4-6(3)5-2;1-3-2/h4,6H,1,5H2,2-3H3;1H,2H3. The van der Waals surface area contributed by atoms with Crippen molar-refractivity contribution >= 4 is 0 Å². The van der Waals surface area contributed by atoms with E-state index in [1.54, 1.807) is 6.92 Å². The minimum Gasteiger partial charge on any atom is -0.120 e. The average Bonchev–Trinajstić information content (AvgIpc) is 1.88. The van der Waals surface area contributed by atoms with Gasteiger partial charge in [-0.1, -0.05) is 26.3 Å². The first-order chi connectivity index (χ1) is 4.22. The molecule has 0 aromatic rings. The fraction of sp³-hybridized carbons (Fsp3) is 0.556. The molecular weight excluding hydrogens is 108 g/mol. The normalized spacial score (nSPS) is 10.0. The van der Waals surface area contributed by atoms with Crippen molar-refractivity contribution in [3.63, 3.8) is 0 Å². The van der Waals surface area contributed by atoms with Crippen LogP contribution in [-0.4, -0.2) is 0 Å². The van der Waals surface area contributed by atoms with Gasteiger partial charge in [-0.2, -0.15) is 0 Å². The molecule has 0 aliphatic heterocycles. The zero-order chi connectivity index (χ0) is 7.70. The van der Waals surface area contributed by atoms with Crippen LogP contribution in [0, 0.1) is 18.3 Å². The Balaban J connectivity index is 0. The van der Waals surface area contributed by atoms with Gasteiger partial charge in [-0.3, -0.25) is 0 Å². The summed E-state index contributed by atoms with van der Waals surface area (Å²) in [5.74, 6) is 2.95. The van der Waals surface area contributed by atoms with E-state index < -0.39 is 0 Å². The largest absolute Gasteiger partial charge is 0.120 e. The summed E-state index contributed by atoms with van der Waals surface area (Å²) in [6.45, 7) is 9.60. The van der Waals surface area contributed by atoms with Crippen molar-refractivity contribution in [2.75, 3.05) is 0 Å². The molecule has 0 aromatic heterocycles. The van der Waals surface area contributed by atoms with Crippen molar-refractivity contribution in [2.45, 2.75) is 27.2 Å². The molecular formula is C9H16. The molecule has 0 radical (unpaired) electrons. The maximum atomic E-state index is 4.60. The number of terminal acetylenes is 1. The van der Waals surface area contributed by atoms with E-state index in [1.807, 2.05) is 6.08 Å². The van der Waals surface area contributed by atoms with Crippen LogP contribution in [0.5, 0.6) is 0 Å². The highest BCUT2D eigenvalue weighted by Crippen LogP contribution is 1.98. The van der Waals surface area contributed by atoms with Gasteiger partial charge in [0.2, 0.25) is 0 Å². The topological polar surface area (TPSA) is 0 Å². The van der Waals surface area contributed by atoms with E-state index >= 15 is 0 Å². The summed E-state index contributed by atoms with van der Waals surface area (Å²) in [6.07, 6.45) is 7.78. The quantitative estimate of drug-likeness (QED) is 0.392. The summed E-state index contributed by atoms with van der Waals surface area (Å²) < 4.78 is 0. The molecule has 1 atom stereocenters. The van der Waals surface area contributed by atoms with Crippen LogP contribution < -0.4 is 0 Å². The number of hydrogen-bond acceptors (Lipinski definition) is 0. The third-order valence-electron chi connectivity index (χ3n) is 1.05. The van der Waals surface area contributed by atoms with Gasteiger partial charge in [0.05, 0.1) is 0 Å². The van der Waals surface area contributed by atoms with Gasteiger partial charge >= 0.3 is 0 Å². The van der Waals surface area contributed by atoms with Crippen molar-refractivity contribution < 1.29 is 0 Å². The Hall–Kier alpha value is -0.700. The van der Waals surface area contributed by atoms with E-state index in [2.05, 4.69) is 32.8 Å². The zero-order valence-corrected chi connectivity index (χ0v) is 6.65. The Labute approximate surface area is 59.0 Å². The molecule has 0 fully saturated rings. The SMILES string of the molecule is C#CC.C=CC(C)CC. The van der Waals surface area contributed by atoms with Crippen LogP contribution in [0.15, 0.2) is 12.7 Å². The fourth-order valence-electron chi connectivity index (χ4n) is 0.167. The van der Waals surface area contributed by atoms with Gasteiger partial charge in [-0.15, -0.1) is 18.9 Å². The second-order valence-corrected chi connectivity index (χ2v) is 1.91. The molecule has 0 bridgehead atoms. The number of allylic oxidation sites excluding steroid dienone is 1. The van der Waals surface area contributed by atoms with Crippen molar-refractivity contribution in [3.8, 4) is 12.3 Å². The Kier molecular flexibility index (Phi) is 12.8. The Bertz CT molecular complexity index is 84.7. The van der Waals surface area contributed by atoms with Crippen LogP contribution in [0.3, 0.4) is 0 Å². The van der Waals surface area contributed by atoms with Crippen molar-refractivity contribution in [1.82, 2.24) is 0 Å². The molecule has 0 heterocycles. The Morgan fingerprint density at radius 3 is 2.11 bits per heavy atom. The molecule has 0 aromatic carbocycles. The minimum absolute atomic E-state index is 0.699. The third-order valence-corrected chi connectivity index (χ3v) is 1.05. The van der Waals surface area contributed by atoms with E-state index in [1.165, 1.54) is 6.42 Å². The monoisotopic (exact) mass is 124 g/mol. The van der Waals surface area contributed by atoms with Gasteiger partial charge < -0.3 is 0 Å². The Morgan fingerprint density at radius 2 is 2.11 bits per heavy atom. The lowest BCUT2D eigenvalue weighted by Crippen LogP contribution is -1.80. The van der Waals surface area contributed by atoms with Gasteiger partial charge in [0, 0.05) is 0 Å². The molecule has 0 rings (SSSR count). The molecule has 0 amide bonds. The van der Waals surface area contributed by atoms with Crippen LogP contribution in [0.4, 0.5) is 0 Å². The van der Waals surface area contributed by atoms with Gasteiger partial charge in [0.15, 0.2) is 0 Å². The zero-order valence-electron chi connectivity index (χ0n) is 6.65. The summed E-state index contributed by atoms with van der Waals surface area (Å²) in [4.78, 5) is 0. The Morgan fingerprint density at radius 1 is 1.78 bits per heavy atom. The molecule has 0 saturated heterocycles. The predicted molar refractivity (Wildman–Crippen MR) is 44.2 cm³/mol. The second-order valence-electron chi connectivity index (χ2n) is 1.91. The lowest BCUT2D eigenvalue weighted by Gasteiger charge is -1.93. The lowest BCUT2D eigenvalue weighted by atomic mass is 10.1. The van der Waals surface area contributed by atoms with Crippen LogP contribution in [-0.2, 0) is 0 Å². The molecule has 52 valence electrons. The molecule has 0 aliphatic rings. The van der Waals surface area contributed by atoms with Gasteiger partial charge in [0.25, 0.3) is 0 Å². The molecule has 0 saturated carbocycles. The number of rotatable bonds is 2. The summed E-state index contributed by atoms with van der Waals surface area (Å²) in [5.41, 5.74) is 0. The average molecular weight is 124 g/mol. The van der Waals surface area contributed by atoms with Crippen LogP contribution >= 0.6 is 0 Å². The van der Waals surface area contributed by atoms with Crippen LogP contribution in [0.1, 0.15) is 27.2 Å². The smallest absolute Gasteiger partial charge is 0.00297 e. The van der Waals surface area contributed by atoms with Crippen molar-refractivity contribution in [1.29, 1.82) is 0 Å². The highest BCUT2D eigenvalue weighted by Gasteiger charge is 1.84. The van der Waals surface area contributed by atoms with E-state index in [0.29, 0.717) is 5.92 Å². The molecule has 0 heteroatoms. The fourth-order valence-corrected chi connectivity index (χ4v) is 0.167. The van der Waals surface area contributed by atoms with Gasteiger partial charge in [0.1, 0.15) is 0 Å². The molecule has 1 unspecified atom stereocenters. The van der Waals surface area contributed by atoms with Gasteiger partial charge in [-0.05, 0) is 12.8 Å². The van der Waals surface area contributed by atoms with Crippen molar-refractivity contribution in [2.24, 2.45) is 5.92 Å². The van der Waals surface area contributed by atoms with Gasteiger partial charge in [-0.25, -0.2) is 0 Å². The molecule has 0 N–H and O–H groups in total. The van der Waals surface area contributed by atoms with E-state index in [0.717, 1.165) is 0 Å². The highest BCUT2D eigenvalue weighted by molar-refractivity contribution is 4.73. The summed E-state index contributed by atoms with van der Waals surface area (Å²) >= 11 is 0. The van der Waals surface area contributed by atoms with Crippen LogP contribution in [0.2, 0.25) is 0 Å². The number of hydrogen-bond donors (Lipinski definition) is 0. The van der Waals surface area contributed by atoms with E-state index in [9.17, 15) is 0 Å². The first-order valence-electron chi connectivity index (χ1n) is 3.22. The van der Waals surface area contributed by atoms with E-state index in [4.69, 9.17) is 0 Å². The highest BCUT2D eigenvalue weighted by atomic mass is 13.9. The summed E-state index contributed by atoms with van der Waals surface area (Å²) in [5, 5.41) is 0. The lowest BCUT2D eigenvalue weighted by molar-refractivity contribution is 0.700. The summed E-state index contributed by atoms with van der Waals surface area (Å²) in [6, 6.07) is 0. The molecule has 0 aliphatic carbocycles. The molecule has 0 nitrogen and oxygen atoms in total. The minimum atomic E-state index is 0.699. The van der Waals surface area contributed by atoms with Crippen LogP contribution in [0.25, 0.3) is 0 Å².